The molecule has 0 heterocycles. The van der Waals surface area contributed by atoms with E-state index in [1.165, 1.54) is 17.0 Å². The lowest BCUT2D eigenvalue weighted by molar-refractivity contribution is 0.0993. The highest BCUT2D eigenvalue weighted by Crippen LogP contribution is 2.22. The summed E-state index contributed by atoms with van der Waals surface area (Å²) in [5.41, 5.74) is 7.12. The summed E-state index contributed by atoms with van der Waals surface area (Å²) in [5.74, 6) is -0.802. The van der Waals surface area contributed by atoms with Crippen molar-refractivity contribution in [3.8, 4) is 0 Å². The molecular weight excluding hydrogens is 267 g/mol. The van der Waals surface area contributed by atoms with E-state index in [4.69, 9.17) is 17.3 Å². The summed E-state index contributed by atoms with van der Waals surface area (Å²) in [7, 11) is 1.61. The van der Waals surface area contributed by atoms with Crippen molar-refractivity contribution in [2.45, 2.75) is 0 Å². The molecule has 2 aromatic carbocycles. The summed E-state index contributed by atoms with van der Waals surface area (Å²) in [6.45, 7) is 0. The first-order chi connectivity index (χ1) is 8.99. The SMILES string of the molecule is CN(C(=O)c1ccc(F)cc1Cl)c1cccc(N)c1. The fourth-order valence-electron chi connectivity index (χ4n) is 1.69. The first-order valence-corrected chi connectivity index (χ1v) is 5.95. The van der Waals surface area contributed by atoms with Gasteiger partial charge in [0.1, 0.15) is 5.82 Å². The standard InChI is InChI=1S/C14H12ClFN2O/c1-18(11-4-2-3-10(17)8-11)14(19)12-6-5-9(16)7-13(12)15/h2-8H,17H2,1H3. The smallest absolute Gasteiger partial charge is 0.259 e. The van der Waals surface area contributed by atoms with Crippen molar-refractivity contribution >= 4 is 28.9 Å². The van der Waals surface area contributed by atoms with Crippen LogP contribution in [0.25, 0.3) is 0 Å². The topological polar surface area (TPSA) is 46.3 Å². The molecule has 0 aliphatic carbocycles. The van der Waals surface area contributed by atoms with E-state index >= 15 is 0 Å². The fraction of sp³-hybridized carbons (Fsp3) is 0.0714. The molecule has 1 amide bonds. The molecule has 2 rings (SSSR count). The van der Waals surface area contributed by atoms with E-state index in [1.807, 2.05) is 0 Å². The van der Waals surface area contributed by atoms with Crippen LogP contribution in [0.1, 0.15) is 10.4 Å². The number of carbonyl (C=O) groups is 1. The molecule has 0 aliphatic heterocycles. The Balaban J connectivity index is 2.33. The Morgan fingerprint density at radius 3 is 2.63 bits per heavy atom. The molecule has 0 unspecified atom stereocenters. The van der Waals surface area contributed by atoms with Gasteiger partial charge in [0.05, 0.1) is 10.6 Å². The Morgan fingerprint density at radius 1 is 1.26 bits per heavy atom. The fourth-order valence-corrected chi connectivity index (χ4v) is 1.94. The lowest BCUT2D eigenvalue weighted by Crippen LogP contribution is -2.26. The third kappa shape index (κ3) is 2.85. The van der Waals surface area contributed by atoms with Gasteiger partial charge in [0, 0.05) is 18.4 Å². The number of amides is 1. The van der Waals surface area contributed by atoms with E-state index in [-0.39, 0.29) is 16.5 Å². The van der Waals surface area contributed by atoms with Gasteiger partial charge in [0.15, 0.2) is 0 Å². The predicted molar refractivity (Wildman–Crippen MR) is 75.0 cm³/mol. The Labute approximate surface area is 115 Å². The quantitative estimate of drug-likeness (QED) is 0.857. The maximum atomic E-state index is 13.0. The van der Waals surface area contributed by atoms with Crippen LogP contribution >= 0.6 is 11.6 Å². The second-order valence-electron chi connectivity index (χ2n) is 4.08. The van der Waals surface area contributed by atoms with Crippen molar-refractivity contribution in [3.05, 3.63) is 58.9 Å². The molecule has 3 nitrogen and oxygen atoms in total. The molecule has 0 saturated heterocycles. The maximum Gasteiger partial charge on any atom is 0.259 e. The number of nitrogens with two attached hydrogens (primary N) is 1. The number of halogens is 2. The minimum absolute atomic E-state index is 0.0840. The maximum absolute atomic E-state index is 13.0. The van der Waals surface area contributed by atoms with E-state index in [0.29, 0.717) is 11.4 Å². The Hall–Kier alpha value is -2.07. The lowest BCUT2D eigenvalue weighted by Gasteiger charge is -2.18. The van der Waals surface area contributed by atoms with Gasteiger partial charge in [0.25, 0.3) is 5.91 Å². The monoisotopic (exact) mass is 278 g/mol. The van der Waals surface area contributed by atoms with Crippen LogP contribution in [0.4, 0.5) is 15.8 Å². The largest absolute Gasteiger partial charge is 0.399 e. The highest BCUT2D eigenvalue weighted by Gasteiger charge is 2.17. The summed E-state index contributed by atoms with van der Waals surface area (Å²) in [6, 6.07) is 10.6. The molecule has 19 heavy (non-hydrogen) atoms. The van der Waals surface area contributed by atoms with E-state index in [1.54, 1.807) is 31.3 Å². The van der Waals surface area contributed by atoms with Gasteiger partial charge in [-0.25, -0.2) is 4.39 Å². The number of benzene rings is 2. The van der Waals surface area contributed by atoms with Gasteiger partial charge in [-0.2, -0.15) is 0 Å². The number of nitrogen functional groups attached to an aromatic ring is 1. The average Bonchev–Trinajstić information content (AvgIpc) is 2.37. The van der Waals surface area contributed by atoms with Crippen LogP contribution in [0.5, 0.6) is 0 Å². The van der Waals surface area contributed by atoms with Crippen molar-refractivity contribution in [3.63, 3.8) is 0 Å². The van der Waals surface area contributed by atoms with Gasteiger partial charge in [-0.05, 0) is 36.4 Å². The molecule has 5 heteroatoms. The number of hydrogen-bond acceptors (Lipinski definition) is 2. The molecule has 2 N–H and O–H groups in total. The van der Waals surface area contributed by atoms with Crippen molar-refractivity contribution in [1.29, 1.82) is 0 Å². The minimum atomic E-state index is -0.479. The van der Waals surface area contributed by atoms with Crippen LogP contribution in [-0.4, -0.2) is 13.0 Å². The highest BCUT2D eigenvalue weighted by atomic mass is 35.5. The van der Waals surface area contributed by atoms with Crippen molar-refractivity contribution in [2.75, 3.05) is 17.7 Å². The van der Waals surface area contributed by atoms with E-state index in [2.05, 4.69) is 0 Å². The zero-order chi connectivity index (χ0) is 14.0. The van der Waals surface area contributed by atoms with E-state index < -0.39 is 5.82 Å². The van der Waals surface area contributed by atoms with Gasteiger partial charge < -0.3 is 10.6 Å². The Morgan fingerprint density at radius 2 is 2.00 bits per heavy atom. The average molecular weight is 279 g/mol. The molecule has 98 valence electrons. The van der Waals surface area contributed by atoms with Crippen molar-refractivity contribution in [1.82, 2.24) is 0 Å². The molecule has 0 spiro atoms. The first kappa shape index (κ1) is 13.4. The normalized spacial score (nSPS) is 10.3. The minimum Gasteiger partial charge on any atom is -0.399 e. The lowest BCUT2D eigenvalue weighted by atomic mass is 10.1. The molecule has 0 aliphatic rings. The third-order valence-electron chi connectivity index (χ3n) is 2.72. The summed E-state index contributed by atoms with van der Waals surface area (Å²) in [5, 5.41) is 0.0840. The summed E-state index contributed by atoms with van der Waals surface area (Å²) >= 11 is 5.87. The molecule has 0 bridgehead atoms. The molecule has 0 fully saturated rings. The van der Waals surface area contributed by atoms with Gasteiger partial charge >= 0.3 is 0 Å². The summed E-state index contributed by atoms with van der Waals surface area (Å²) < 4.78 is 13.0. The number of carbonyl (C=O) groups excluding carboxylic acids is 1. The zero-order valence-corrected chi connectivity index (χ0v) is 11.0. The highest BCUT2D eigenvalue weighted by molar-refractivity contribution is 6.34. The van der Waals surface area contributed by atoms with E-state index in [0.717, 1.165) is 6.07 Å². The number of anilines is 2. The number of nitrogens with zero attached hydrogens (tertiary/aromatic N) is 1. The second-order valence-corrected chi connectivity index (χ2v) is 4.49. The summed E-state index contributed by atoms with van der Waals surface area (Å²) in [6.07, 6.45) is 0. The van der Waals surface area contributed by atoms with Crippen LogP contribution in [0.3, 0.4) is 0 Å². The van der Waals surface area contributed by atoms with Crippen LogP contribution < -0.4 is 10.6 Å². The number of rotatable bonds is 2. The first-order valence-electron chi connectivity index (χ1n) is 5.57. The van der Waals surface area contributed by atoms with Crippen LogP contribution in [0, 0.1) is 5.82 Å². The predicted octanol–water partition coefficient (Wildman–Crippen LogP) is 3.34. The third-order valence-corrected chi connectivity index (χ3v) is 3.04. The zero-order valence-electron chi connectivity index (χ0n) is 10.2. The van der Waals surface area contributed by atoms with Crippen LogP contribution in [0.15, 0.2) is 42.5 Å². The van der Waals surface area contributed by atoms with E-state index in [9.17, 15) is 9.18 Å². The van der Waals surface area contributed by atoms with Crippen molar-refractivity contribution < 1.29 is 9.18 Å². The molecular formula is C14H12ClFN2O. The van der Waals surface area contributed by atoms with Gasteiger partial charge in [-0.3, -0.25) is 4.79 Å². The van der Waals surface area contributed by atoms with Crippen molar-refractivity contribution in [2.24, 2.45) is 0 Å². The van der Waals surface area contributed by atoms with Gasteiger partial charge in [0.2, 0.25) is 0 Å². The van der Waals surface area contributed by atoms with Gasteiger partial charge in [-0.15, -0.1) is 0 Å². The van der Waals surface area contributed by atoms with Gasteiger partial charge in [-0.1, -0.05) is 17.7 Å². The van der Waals surface area contributed by atoms with Crippen LogP contribution in [0.2, 0.25) is 5.02 Å². The number of hydrogen-bond donors (Lipinski definition) is 1. The molecule has 0 aromatic heterocycles. The second kappa shape index (κ2) is 5.28. The molecule has 0 saturated carbocycles. The Bertz CT molecular complexity index is 631. The Kier molecular flexibility index (Phi) is 3.71. The molecule has 2 aromatic rings. The molecule has 0 radical (unpaired) electrons. The summed E-state index contributed by atoms with van der Waals surface area (Å²) in [4.78, 5) is 13.7. The molecule has 0 atom stereocenters. The van der Waals surface area contributed by atoms with Crippen LogP contribution in [-0.2, 0) is 0 Å².